The highest BCUT2D eigenvalue weighted by atomic mass is 35.5. The number of nitrogens with one attached hydrogen (secondary N) is 2. The Labute approximate surface area is 456 Å². The Morgan fingerprint density at radius 3 is 2.06 bits per heavy atom. The zero-order valence-electron chi connectivity index (χ0n) is 43.6. The summed E-state index contributed by atoms with van der Waals surface area (Å²) >= 11 is 12.4. The maximum absolute atomic E-state index is 13.8. The van der Waals surface area contributed by atoms with Crippen molar-refractivity contribution in [3.05, 3.63) is 90.7 Å². The summed E-state index contributed by atoms with van der Waals surface area (Å²) in [6.07, 6.45) is -10.8. The van der Waals surface area contributed by atoms with Crippen molar-refractivity contribution >= 4 is 75.9 Å². The highest BCUT2D eigenvalue weighted by Crippen LogP contribution is 2.39. The quantitative estimate of drug-likeness (QED) is 0.0448. The number of nitro groups is 1. The van der Waals surface area contributed by atoms with E-state index in [0.717, 1.165) is 33.3 Å². The number of alkyl carbamates (subject to hydrolysis) is 1. The number of hydrogen-bond acceptors (Lipinski definition) is 20. The Balaban J connectivity index is 1.03. The van der Waals surface area contributed by atoms with Crippen molar-refractivity contribution in [2.75, 3.05) is 13.1 Å². The Morgan fingerprint density at radius 2 is 1.40 bits per heavy atom. The number of hydrogen-bond donors (Lipinski definition) is 2. The zero-order valence-corrected chi connectivity index (χ0v) is 45.1. The molecule has 0 bridgehead atoms. The molecule has 7 rings (SSSR count). The molecule has 1 aromatic heterocycles. The first kappa shape index (κ1) is 58.6. The van der Waals surface area contributed by atoms with Crippen LogP contribution in [0.15, 0.2) is 59.4 Å². The number of benzene rings is 3. The number of esters is 4. The molecule has 2 unspecified atom stereocenters. The molecule has 0 spiro atoms. The van der Waals surface area contributed by atoms with Gasteiger partial charge < -0.3 is 62.6 Å². The first-order valence-corrected chi connectivity index (χ1v) is 25.9. The summed E-state index contributed by atoms with van der Waals surface area (Å²) in [5.74, 6) is -3.80. The Bertz CT molecular complexity index is 2960. The smallest absolute Gasteiger partial charge is 0.415 e. The highest BCUT2D eigenvalue weighted by Gasteiger charge is 2.56. The van der Waals surface area contributed by atoms with E-state index in [1.54, 1.807) is 26.0 Å². The van der Waals surface area contributed by atoms with E-state index < -0.39 is 126 Å². The number of piperidine rings is 1. The molecule has 78 heavy (non-hydrogen) atoms. The second-order valence-electron chi connectivity index (χ2n) is 18.7. The van der Waals surface area contributed by atoms with Gasteiger partial charge in [0.15, 0.2) is 24.2 Å². The third-order valence-corrected chi connectivity index (χ3v) is 13.6. The number of carbonyl (C=O) groups is 6. The summed E-state index contributed by atoms with van der Waals surface area (Å²) < 4.78 is 59.1. The van der Waals surface area contributed by atoms with Crippen LogP contribution in [0, 0.1) is 16.0 Å². The standard InChI is InChI=1S/C52H59Cl2N5O19/c1-8-38-25(3)42(70-26(4)60)45(72-28(6)62)50(74-38)78-43-39(9-2)75-49(46(73-29(7)63)44(43)71-27(5)61)76-41-17-13-30(20-37(41)59(67)68)24-69-51(65)55-23-33-12-10-11-19-58(33)52(66)77-40-18-15-32(54)22-35(40)47-56-36-16-14-31(53)21-34(36)48(64)57-47/h13-18,20-22,25,33,38-39,42-46,49-50H,8-12,19,23-24H2,1-7H3,(H,55,65)(H,56,57,64)/t25-,33?,38-,39-,42+,43-,44+,45-,46-,49+,50?/m1/s1. The number of carbonyl (C=O) groups excluding carboxylic acids is 6. The predicted molar refractivity (Wildman–Crippen MR) is 274 cm³/mol. The average molecular weight is 1130 g/mol. The number of aromatic nitrogens is 2. The first-order chi connectivity index (χ1) is 37.1. The fourth-order valence-corrected chi connectivity index (χ4v) is 9.95. The van der Waals surface area contributed by atoms with Crippen LogP contribution in [0.3, 0.4) is 0 Å². The Morgan fingerprint density at radius 1 is 0.782 bits per heavy atom. The number of nitrogens with zero attached hydrogens (tertiary/aromatic N) is 3. The fraction of sp³-hybridized carbons (Fsp3) is 0.500. The van der Waals surface area contributed by atoms with Gasteiger partial charge in [0.25, 0.3) is 5.56 Å². The number of nitro benzene ring substituents is 1. The molecule has 11 atom stereocenters. The molecule has 2 N–H and O–H groups in total. The number of amides is 2. The molecule has 2 amide bonds. The Hall–Kier alpha value is -7.12. The largest absolute Gasteiger partial charge is 0.458 e. The van der Waals surface area contributed by atoms with Gasteiger partial charge in [0.1, 0.15) is 30.4 Å². The van der Waals surface area contributed by atoms with Gasteiger partial charge >= 0.3 is 41.8 Å². The second-order valence-corrected chi connectivity index (χ2v) is 19.6. The number of H-pyrrole nitrogens is 1. The summed E-state index contributed by atoms with van der Waals surface area (Å²) in [4.78, 5) is 111. The van der Waals surface area contributed by atoms with Crippen molar-refractivity contribution in [2.24, 2.45) is 5.92 Å². The van der Waals surface area contributed by atoms with E-state index in [2.05, 4.69) is 15.3 Å². The SMILES string of the molecule is CC[C@H]1OC(O[C@H]2[C@H](OC(C)=O)[C@@H](OC(C)=O)[C@H](Oc3ccc(COC(=O)NCC4CCCCN4C(=O)Oc4ccc(Cl)cc4-c4nc5ccc(Cl)cc5c(=O)[nH]4)cc3[N+](=O)[O-])O[C@@H]2CC)[C@H](OC(C)=O)[C@@H](OC(C)=O)[C@@H]1C. The van der Waals surface area contributed by atoms with Crippen LogP contribution in [0.4, 0.5) is 15.3 Å². The molecule has 24 nitrogen and oxygen atoms in total. The zero-order chi connectivity index (χ0) is 56.5. The first-order valence-electron chi connectivity index (χ1n) is 25.1. The predicted octanol–water partition coefficient (Wildman–Crippen LogP) is 7.48. The van der Waals surface area contributed by atoms with Crippen LogP contribution >= 0.6 is 23.2 Å². The van der Waals surface area contributed by atoms with E-state index in [9.17, 15) is 43.7 Å². The van der Waals surface area contributed by atoms with Gasteiger partial charge in [-0.1, -0.05) is 50.0 Å². The van der Waals surface area contributed by atoms with E-state index in [1.807, 2.05) is 6.92 Å². The maximum atomic E-state index is 13.8. The van der Waals surface area contributed by atoms with Gasteiger partial charge in [-0.05, 0) is 80.1 Å². The van der Waals surface area contributed by atoms with Crippen LogP contribution < -0.4 is 20.3 Å². The van der Waals surface area contributed by atoms with Gasteiger partial charge in [-0.2, -0.15) is 0 Å². The minimum absolute atomic E-state index is 0.0476. The number of rotatable bonds is 17. The number of aromatic amines is 1. The van der Waals surface area contributed by atoms with Gasteiger partial charge in [-0.25, -0.2) is 14.6 Å². The van der Waals surface area contributed by atoms with Crippen molar-refractivity contribution in [1.29, 1.82) is 0 Å². The summed E-state index contributed by atoms with van der Waals surface area (Å²) in [5, 5.41) is 16.1. The van der Waals surface area contributed by atoms with E-state index in [1.165, 1.54) is 48.2 Å². The van der Waals surface area contributed by atoms with Crippen molar-refractivity contribution < 1.29 is 81.1 Å². The van der Waals surface area contributed by atoms with Gasteiger partial charge in [-0.3, -0.25) is 34.1 Å². The topological polar surface area (TPSA) is 299 Å². The van der Waals surface area contributed by atoms with Crippen LogP contribution in [-0.4, -0.2) is 130 Å². The molecule has 0 aliphatic carbocycles. The number of fused-ring (bicyclic) bond motifs is 1. The summed E-state index contributed by atoms with van der Waals surface area (Å²) in [6.45, 7) is 9.60. The van der Waals surface area contributed by atoms with Gasteiger partial charge in [0.05, 0.1) is 39.6 Å². The minimum atomic E-state index is -1.67. The van der Waals surface area contributed by atoms with Gasteiger partial charge in [0, 0.05) is 62.8 Å². The summed E-state index contributed by atoms with van der Waals surface area (Å²) in [7, 11) is 0. The molecule has 0 saturated carbocycles. The molecule has 4 aromatic rings. The highest BCUT2D eigenvalue weighted by molar-refractivity contribution is 6.31. The minimum Gasteiger partial charge on any atom is -0.458 e. The number of likely N-dealkylation sites (tertiary alicyclic amines) is 1. The average Bonchev–Trinajstić information content (AvgIpc) is 3.52. The summed E-state index contributed by atoms with van der Waals surface area (Å²) in [6, 6.07) is 12.3. The summed E-state index contributed by atoms with van der Waals surface area (Å²) in [5.41, 5.74) is -0.324. The third kappa shape index (κ3) is 14.3. The van der Waals surface area contributed by atoms with E-state index in [-0.39, 0.29) is 51.8 Å². The molecule has 3 aliphatic rings. The lowest BCUT2D eigenvalue weighted by atomic mass is 9.88. The second kappa shape index (κ2) is 26.0. The monoisotopic (exact) mass is 1130 g/mol. The molecule has 26 heteroatoms. The third-order valence-electron chi connectivity index (χ3n) is 13.1. The van der Waals surface area contributed by atoms with E-state index in [0.29, 0.717) is 36.3 Å². The van der Waals surface area contributed by atoms with Crippen molar-refractivity contribution in [3.63, 3.8) is 0 Å². The molecular weight excluding hydrogens is 1070 g/mol. The molecule has 0 radical (unpaired) electrons. The lowest BCUT2D eigenvalue weighted by Crippen LogP contribution is -2.65. The molecule has 3 fully saturated rings. The lowest BCUT2D eigenvalue weighted by molar-refractivity contribution is -0.387. The molecule has 3 aliphatic heterocycles. The molecule has 3 aromatic carbocycles. The van der Waals surface area contributed by atoms with Crippen molar-refractivity contribution in [2.45, 2.75) is 149 Å². The molecule has 3 saturated heterocycles. The van der Waals surface area contributed by atoms with Crippen LogP contribution in [0.5, 0.6) is 11.5 Å². The van der Waals surface area contributed by atoms with Crippen molar-refractivity contribution in [3.8, 4) is 22.9 Å². The van der Waals surface area contributed by atoms with Crippen LogP contribution in [-0.2, 0) is 63.7 Å². The molecular formula is C52H59Cl2N5O19. The van der Waals surface area contributed by atoms with Gasteiger partial charge in [-0.15, -0.1) is 0 Å². The van der Waals surface area contributed by atoms with Crippen LogP contribution in [0.25, 0.3) is 22.3 Å². The fourth-order valence-electron chi connectivity index (χ4n) is 9.60. The van der Waals surface area contributed by atoms with E-state index >= 15 is 0 Å². The lowest BCUT2D eigenvalue weighted by Gasteiger charge is -2.48. The number of halogens is 2. The van der Waals surface area contributed by atoms with Gasteiger partial charge in [0.2, 0.25) is 12.4 Å². The van der Waals surface area contributed by atoms with E-state index in [4.69, 9.17) is 70.6 Å². The normalized spacial score (nSPS) is 25.0. The van der Waals surface area contributed by atoms with Crippen molar-refractivity contribution in [1.82, 2.24) is 20.2 Å². The maximum Gasteiger partial charge on any atom is 0.415 e. The molecule has 420 valence electrons. The number of ether oxygens (including phenoxy) is 10. The Kier molecular flexibility index (Phi) is 19.5. The van der Waals surface area contributed by atoms with Crippen LogP contribution in [0.2, 0.25) is 10.0 Å². The van der Waals surface area contributed by atoms with Crippen LogP contribution in [0.1, 0.15) is 86.1 Å². The molecule has 4 heterocycles.